The highest BCUT2D eigenvalue weighted by Crippen LogP contribution is 2.37. The molecule has 9 nitrogen and oxygen atoms in total. The molecule has 0 saturated heterocycles. The number of fused-ring (bicyclic) bond motifs is 2. The number of esters is 1. The molecule has 0 unspecified atom stereocenters. The van der Waals surface area contributed by atoms with Crippen molar-refractivity contribution in [2.45, 2.75) is 0 Å². The second-order valence-electron chi connectivity index (χ2n) is 8.89. The van der Waals surface area contributed by atoms with Gasteiger partial charge in [-0.2, -0.15) is 10.4 Å². The maximum absolute atomic E-state index is 13.4. The fourth-order valence-electron chi connectivity index (χ4n) is 4.50. The molecule has 1 aliphatic heterocycles. The number of hydrogen-bond donors (Lipinski definition) is 2. The van der Waals surface area contributed by atoms with E-state index >= 15 is 0 Å². The first-order valence-corrected chi connectivity index (χ1v) is 12.7. The summed E-state index contributed by atoms with van der Waals surface area (Å²) in [7, 11) is 0. The van der Waals surface area contributed by atoms with Crippen LogP contribution in [-0.2, 0) is 0 Å². The fraction of sp³-hybridized carbons (Fsp3) is 0.0323. The molecule has 0 atom stereocenters. The third-order valence-corrected chi connectivity index (χ3v) is 6.75. The van der Waals surface area contributed by atoms with E-state index in [1.54, 1.807) is 72.8 Å². The molecule has 200 valence electrons. The molecule has 2 N–H and O–H groups in total. The van der Waals surface area contributed by atoms with E-state index in [0.29, 0.717) is 49.7 Å². The Morgan fingerprint density at radius 3 is 2.66 bits per heavy atom. The molecule has 4 aromatic carbocycles. The predicted molar refractivity (Wildman–Crippen MR) is 152 cm³/mol. The Balaban J connectivity index is 1.26. The molecular formula is C31H19ClN4O5. The molecular weight excluding hydrogens is 544 g/mol. The standard InChI is InChI=1S/C31H19ClN4O5/c32-23-10-3-2-8-21(23)27-22-9-5-7-19(15-33)28(22)35-29(27)30(37)36-34-16-20-6-1-4-11-24(20)41-31(38)18-12-13-25-26(14-18)40-17-39-25/h1-14,16,35H,17H2,(H,36,37). The molecule has 2 heterocycles. The van der Waals surface area contributed by atoms with Crippen LogP contribution in [0.15, 0.2) is 90.0 Å². The molecule has 0 fully saturated rings. The Bertz CT molecular complexity index is 1910. The normalized spacial score (nSPS) is 11.9. The Labute approximate surface area is 238 Å². The van der Waals surface area contributed by atoms with Gasteiger partial charge in [0.25, 0.3) is 5.91 Å². The van der Waals surface area contributed by atoms with Gasteiger partial charge in [0.15, 0.2) is 11.5 Å². The van der Waals surface area contributed by atoms with Crippen LogP contribution in [0.3, 0.4) is 0 Å². The number of hydrogen-bond acceptors (Lipinski definition) is 7. The number of halogens is 1. The third kappa shape index (κ3) is 4.95. The van der Waals surface area contributed by atoms with Gasteiger partial charge in [0.1, 0.15) is 17.5 Å². The number of aromatic amines is 1. The first-order valence-electron chi connectivity index (χ1n) is 12.4. The summed E-state index contributed by atoms with van der Waals surface area (Å²) in [5.41, 5.74) is 5.53. The minimum absolute atomic E-state index is 0.0940. The quantitative estimate of drug-likeness (QED) is 0.112. The molecule has 1 aliphatic rings. The molecule has 0 spiro atoms. The maximum Gasteiger partial charge on any atom is 0.343 e. The van der Waals surface area contributed by atoms with Gasteiger partial charge in [0, 0.05) is 27.1 Å². The Morgan fingerprint density at radius 1 is 1.00 bits per heavy atom. The summed E-state index contributed by atoms with van der Waals surface area (Å²) in [6.07, 6.45) is 1.37. The van der Waals surface area contributed by atoms with Crippen LogP contribution in [0.25, 0.3) is 22.0 Å². The number of amides is 1. The lowest BCUT2D eigenvalue weighted by Crippen LogP contribution is -2.19. The van der Waals surface area contributed by atoms with Crippen molar-refractivity contribution < 1.29 is 23.8 Å². The molecule has 0 saturated carbocycles. The van der Waals surface area contributed by atoms with Crippen LogP contribution in [0.1, 0.15) is 32.0 Å². The molecule has 0 bridgehead atoms. The average molecular weight is 563 g/mol. The Hall–Kier alpha value is -5.59. The molecule has 6 rings (SSSR count). The van der Waals surface area contributed by atoms with Crippen LogP contribution in [0.4, 0.5) is 0 Å². The van der Waals surface area contributed by atoms with Crippen molar-refractivity contribution in [1.29, 1.82) is 5.26 Å². The number of H-pyrrole nitrogens is 1. The largest absolute Gasteiger partial charge is 0.454 e. The van der Waals surface area contributed by atoms with E-state index in [1.165, 1.54) is 6.21 Å². The number of nitrogens with one attached hydrogen (secondary N) is 2. The predicted octanol–water partition coefficient (Wildman–Crippen LogP) is 6.07. The molecule has 0 radical (unpaired) electrons. The van der Waals surface area contributed by atoms with E-state index in [-0.39, 0.29) is 23.8 Å². The second-order valence-corrected chi connectivity index (χ2v) is 9.30. The van der Waals surface area contributed by atoms with E-state index in [9.17, 15) is 14.9 Å². The second kappa shape index (κ2) is 10.9. The van der Waals surface area contributed by atoms with Gasteiger partial charge < -0.3 is 19.2 Å². The topological polar surface area (TPSA) is 126 Å². The van der Waals surface area contributed by atoms with Gasteiger partial charge in [0.05, 0.1) is 22.9 Å². The maximum atomic E-state index is 13.4. The van der Waals surface area contributed by atoms with Gasteiger partial charge in [-0.3, -0.25) is 4.79 Å². The van der Waals surface area contributed by atoms with E-state index in [2.05, 4.69) is 21.6 Å². The van der Waals surface area contributed by atoms with Gasteiger partial charge in [-0.1, -0.05) is 54.1 Å². The van der Waals surface area contributed by atoms with Crippen molar-refractivity contribution in [2.75, 3.05) is 6.79 Å². The summed E-state index contributed by atoms with van der Waals surface area (Å²) in [5, 5.41) is 14.8. The van der Waals surface area contributed by atoms with Crippen LogP contribution in [0, 0.1) is 11.3 Å². The fourth-order valence-corrected chi connectivity index (χ4v) is 4.73. The number of hydrazone groups is 1. The van der Waals surface area contributed by atoms with Crippen LogP contribution in [0.2, 0.25) is 5.02 Å². The molecule has 10 heteroatoms. The highest BCUT2D eigenvalue weighted by Gasteiger charge is 2.22. The van der Waals surface area contributed by atoms with E-state index < -0.39 is 11.9 Å². The smallest absolute Gasteiger partial charge is 0.343 e. The lowest BCUT2D eigenvalue weighted by Gasteiger charge is -2.08. The van der Waals surface area contributed by atoms with Crippen molar-refractivity contribution in [1.82, 2.24) is 10.4 Å². The number of carbonyl (C=O) groups is 2. The van der Waals surface area contributed by atoms with Crippen molar-refractivity contribution >= 4 is 40.6 Å². The highest BCUT2D eigenvalue weighted by molar-refractivity contribution is 6.34. The monoisotopic (exact) mass is 562 g/mol. The minimum Gasteiger partial charge on any atom is -0.454 e. The lowest BCUT2D eigenvalue weighted by atomic mass is 10.0. The van der Waals surface area contributed by atoms with Gasteiger partial charge >= 0.3 is 5.97 Å². The van der Waals surface area contributed by atoms with Gasteiger partial charge in [-0.25, -0.2) is 10.2 Å². The summed E-state index contributed by atoms with van der Waals surface area (Å²) in [6, 6.07) is 26.1. The number of nitriles is 1. The number of carbonyl (C=O) groups excluding carboxylic acids is 2. The zero-order valence-electron chi connectivity index (χ0n) is 21.2. The zero-order chi connectivity index (χ0) is 28.3. The van der Waals surface area contributed by atoms with Gasteiger partial charge in [-0.05, 0) is 42.5 Å². The number of benzene rings is 4. The summed E-state index contributed by atoms with van der Waals surface area (Å²) >= 11 is 6.49. The summed E-state index contributed by atoms with van der Waals surface area (Å²) in [6.45, 7) is 0.0940. The third-order valence-electron chi connectivity index (χ3n) is 6.42. The first-order chi connectivity index (χ1) is 20.0. The number of para-hydroxylation sites is 2. The zero-order valence-corrected chi connectivity index (χ0v) is 21.9. The SMILES string of the molecule is N#Cc1cccc2c(-c3ccccc3Cl)c(C(=O)NN=Cc3ccccc3OC(=O)c3ccc4c(c3)OCO4)[nH]c12. The van der Waals surface area contributed by atoms with Crippen LogP contribution < -0.4 is 19.6 Å². The van der Waals surface area contributed by atoms with E-state index in [4.69, 9.17) is 25.8 Å². The number of ether oxygens (including phenoxy) is 3. The van der Waals surface area contributed by atoms with Crippen molar-refractivity contribution in [3.8, 4) is 34.4 Å². The molecule has 41 heavy (non-hydrogen) atoms. The van der Waals surface area contributed by atoms with Crippen LogP contribution in [-0.4, -0.2) is 29.9 Å². The number of nitrogens with zero attached hydrogens (tertiary/aromatic N) is 2. The number of aromatic nitrogens is 1. The van der Waals surface area contributed by atoms with E-state index in [0.717, 1.165) is 0 Å². The molecule has 0 aliphatic carbocycles. The van der Waals surface area contributed by atoms with Gasteiger partial charge in [0.2, 0.25) is 6.79 Å². The van der Waals surface area contributed by atoms with Crippen LogP contribution >= 0.6 is 11.6 Å². The van der Waals surface area contributed by atoms with Crippen molar-refractivity contribution in [2.24, 2.45) is 5.10 Å². The lowest BCUT2D eigenvalue weighted by molar-refractivity contribution is 0.0733. The molecule has 1 aromatic heterocycles. The molecule has 1 amide bonds. The van der Waals surface area contributed by atoms with Crippen molar-refractivity contribution in [3.63, 3.8) is 0 Å². The average Bonchev–Trinajstić information content (AvgIpc) is 3.62. The number of rotatable bonds is 6. The minimum atomic E-state index is -0.594. The summed E-state index contributed by atoms with van der Waals surface area (Å²) in [4.78, 5) is 29.2. The van der Waals surface area contributed by atoms with Crippen molar-refractivity contribution in [3.05, 3.63) is 112 Å². The Morgan fingerprint density at radius 2 is 1.80 bits per heavy atom. The summed E-state index contributed by atoms with van der Waals surface area (Å²) in [5.74, 6) is 0.123. The highest BCUT2D eigenvalue weighted by atomic mass is 35.5. The van der Waals surface area contributed by atoms with Crippen LogP contribution in [0.5, 0.6) is 17.2 Å². The molecule has 5 aromatic rings. The summed E-state index contributed by atoms with van der Waals surface area (Å²) < 4.78 is 16.2. The Kier molecular flexibility index (Phi) is 6.81. The first kappa shape index (κ1) is 25.7. The van der Waals surface area contributed by atoms with E-state index in [1.807, 2.05) is 12.1 Å². The van der Waals surface area contributed by atoms with Gasteiger partial charge in [-0.15, -0.1) is 0 Å².